The first-order valence-corrected chi connectivity index (χ1v) is 8.24. The van der Waals surface area contributed by atoms with Crippen LogP contribution in [0.25, 0.3) is 0 Å². The number of benzene rings is 2. The Bertz CT molecular complexity index is 681. The van der Waals surface area contributed by atoms with E-state index in [0.29, 0.717) is 31.4 Å². The average Bonchev–Trinajstić information content (AvgIpc) is 2.63. The quantitative estimate of drug-likeness (QED) is 0.267. The van der Waals surface area contributed by atoms with Gasteiger partial charge in [-0.3, -0.25) is 0 Å². The second kappa shape index (κ2) is 12.3. The first kappa shape index (κ1) is 22.0. The lowest BCUT2D eigenvalue weighted by Crippen LogP contribution is -2.39. The molecule has 0 atom stereocenters. The molecule has 26 heavy (non-hydrogen) atoms. The topological polar surface area (TPSA) is 54.9 Å². The minimum Gasteiger partial charge on any atom is -0.497 e. The predicted molar refractivity (Wildman–Crippen MR) is 113 cm³/mol. The molecule has 0 radical (unpaired) electrons. The van der Waals surface area contributed by atoms with Crippen LogP contribution < -0.4 is 20.1 Å². The lowest BCUT2D eigenvalue weighted by Gasteiger charge is -2.12. The van der Waals surface area contributed by atoms with Gasteiger partial charge in [0.25, 0.3) is 0 Å². The summed E-state index contributed by atoms with van der Waals surface area (Å²) in [6.45, 7) is 4.30. The van der Waals surface area contributed by atoms with E-state index in [9.17, 15) is 4.39 Å². The number of halogens is 2. The molecule has 0 aliphatic heterocycles. The Morgan fingerprint density at radius 3 is 2.50 bits per heavy atom. The first-order valence-electron chi connectivity index (χ1n) is 8.24. The Morgan fingerprint density at radius 1 is 1.08 bits per heavy atom. The van der Waals surface area contributed by atoms with E-state index in [0.717, 1.165) is 17.9 Å². The zero-order valence-electron chi connectivity index (χ0n) is 15.0. The van der Waals surface area contributed by atoms with Gasteiger partial charge >= 0.3 is 0 Å². The van der Waals surface area contributed by atoms with Crippen molar-refractivity contribution in [3.8, 4) is 11.5 Å². The molecule has 0 fully saturated rings. The summed E-state index contributed by atoms with van der Waals surface area (Å²) in [5.74, 6) is 1.75. The summed E-state index contributed by atoms with van der Waals surface area (Å²) in [6, 6.07) is 13.9. The lowest BCUT2D eigenvalue weighted by molar-refractivity contribution is 0.320. The number of aliphatic imine (C=N–C) groups is 1. The fraction of sp³-hybridized carbons (Fsp3) is 0.316. The van der Waals surface area contributed by atoms with Crippen LogP contribution in [-0.4, -0.2) is 32.8 Å². The van der Waals surface area contributed by atoms with E-state index in [2.05, 4.69) is 15.6 Å². The van der Waals surface area contributed by atoms with Crippen LogP contribution in [0.5, 0.6) is 11.5 Å². The molecule has 5 nitrogen and oxygen atoms in total. The molecule has 0 unspecified atom stereocenters. The van der Waals surface area contributed by atoms with Crippen molar-refractivity contribution >= 4 is 29.9 Å². The van der Waals surface area contributed by atoms with Gasteiger partial charge in [-0.15, -0.1) is 24.0 Å². The minimum absolute atomic E-state index is 0. The summed E-state index contributed by atoms with van der Waals surface area (Å²) in [5.41, 5.74) is 1.09. The van der Waals surface area contributed by atoms with Gasteiger partial charge in [0, 0.05) is 12.6 Å². The maximum atomic E-state index is 13.1. The van der Waals surface area contributed by atoms with Crippen molar-refractivity contribution in [2.24, 2.45) is 4.99 Å². The Hall–Kier alpha value is -2.03. The molecular formula is C19H25FIN3O2. The second-order valence-electron chi connectivity index (χ2n) is 5.28. The maximum Gasteiger partial charge on any atom is 0.191 e. The van der Waals surface area contributed by atoms with E-state index in [1.165, 1.54) is 12.1 Å². The van der Waals surface area contributed by atoms with Gasteiger partial charge in [-0.05, 0) is 36.8 Å². The summed E-state index contributed by atoms with van der Waals surface area (Å²) < 4.78 is 23.7. The Balaban J connectivity index is 0.00000338. The van der Waals surface area contributed by atoms with Gasteiger partial charge in [0.2, 0.25) is 0 Å². The molecule has 0 aliphatic rings. The standard InChI is InChI=1S/C19H24FN3O2.HI/c1-3-21-19(23-14-15-7-9-17(24-2)10-8-15)22-11-12-25-18-6-4-5-16(20)13-18;/h4-10,13H,3,11-12,14H2,1-2H3,(H2,21,22,23);1H. The third kappa shape index (κ3) is 7.90. The Labute approximate surface area is 171 Å². The van der Waals surface area contributed by atoms with Gasteiger partial charge in [-0.2, -0.15) is 0 Å². The zero-order valence-corrected chi connectivity index (χ0v) is 17.3. The van der Waals surface area contributed by atoms with Crippen LogP contribution in [0.4, 0.5) is 4.39 Å². The lowest BCUT2D eigenvalue weighted by atomic mass is 10.2. The van der Waals surface area contributed by atoms with Crippen LogP contribution in [0.3, 0.4) is 0 Å². The number of guanidine groups is 1. The molecule has 2 aromatic rings. The van der Waals surface area contributed by atoms with Crippen molar-refractivity contribution < 1.29 is 13.9 Å². The van der Waals surface area contributed by atoms with E-state index < -0.39 is 0 Å². The van der Waals surface area contributed by atoms with Gasteiger partial charge in [0.05, 0.1) is 20.2 Å². The van der Waals surface area contributed by atoms with Gasteiger partial charge in [0.15, 0.2) is 5.96 Å². The van der Waals surface area contributed by atoms with E-state index >= 15 is 0 Å². The summed E-state index contributed by atoms with van der Waals surface area (Å²) >= 11 is 0. The van der Waals surface area contributed by atoms with Crippen molar-refractivity contribution in [1.29, 1.82) is 0 Å². The van der Waals surface area contributed by atoms with E-state index in [4.69, 9.17) is 9.47 Å². The van der Waals surface area contributed by atoms with Crippen LogP contribution in [0.15, 0.2) is 53.5 Å². The number of methoxy groups -OCH3 is 1. The maximum absolute atomic E-state index is 13.1. The molecule has 2 rings (SSSR count). The number of ether oxygens (including phenoxy) is 2. The smallest absolute Gasteiger partial charge is 0.191 e. The van der Waals surface area contributed by atoms with Crippen LogP contribution in [0.2, 0.25) is 0 Å². The highest BCUT2D eigenvalue weighted by atomic mass is 127. The van der Waals surface area contributed by atoms with Crippen molar-refractivity contribution in [2.45, 2.75) is 13.5 Å². The summed E-state index contributed by atoms with van der Waals surface area (Å²) in [5, 5.41) is 6.38. The highest BCUT2D eigenvalue weighted by Gasteiger charge is 2.00. The van der Waals surface area contributed by atoms with E-state index in [1.54, 1.807) is 19.2 Å². The molecule has 0 saturated carbocycles. The number of hydrogen-bond acceptors (Lipinski definition) is 3. The normalized spacial score (nSPS) is 10.7. The number of nitrogens with one attached hydrogen (secondary N) is 2. The molecule has 0 spiro atoms. The minimum atomic E-state index is -0.306. The molecule has 0 heterocycles. The molecule has 0 amide bonds. The van der Waals surface area contributed by atoms with Crippen molar-refractivity contribution in [3.05, 3.63) is 59.9 Å². The number of nitrogens with zero attached hydrogens (tertiary/aromatic N) is 1. The molecule has 0 bridgehead atoms. The second-order valence-corrected chi connectivity index (χ2v) is 5.28. The molecule has 0 saturated heterocycles. The number of rotatable bonds is 8. The van der Waals surface area contributed by atoms with Crippen molar-refractivity contribution in [2.75, 3.05) is 26.8 Å². The predicted octanol–water partition coefficient (Wildman–Crippen LogP) is 3.59. The van der Waals surface area contributed by atoms with Gasteiger partial charge in [0.1, 0.15) is 23.9 Å². The number of hydrogen-bond donors (Lipinski definition) is 2. The van der Waals surface area contributed by atoms with Crippen molar-refractivity contribution in [3.63, 3.8) is 0 Å². The molecule has 2 aromatic carbocycles. The third-order valence-electron chi connectivity index (χ3n) is 3.38. The third-order valence-corrected chi connectivity index (χ3v) is 3.38. The van der Waals surface area contributed by atoms with Crippen LogP contribution in [-0.2, 0) is 6.54 Å². The zero-order chi connectivity index (χ0) is 17.9. The van der Waals surface area contributed by atoms with Crippen LogP contribution >= 0.6 is 24.0 Å². The largest absolute Gasteiger partial charge is 0.497 e. The molecule has 142 valence electrons. The molecular weight excluding hydrogens is 448 g/mol. The summed E-state index contributed by atoms with van der Waals surface area (Å²) in [7, 11) is 1.65. The summed E-state index contributed by atoms with van der Waals surface area (Å²) in [6.07, 6.45) is 0. The molecule has 0 aliphatic carbocycles. The molecule has 0 aromatic heterocycles. The average molecular weight is 473 g/mol. The van der Waals surface area contributed by atoms with Crippen LogP contribution in [0, 0.1) is 5.82 Å². The van der Waals surface area contributed by atoms with Gasteiger partial charge in [-0.25, -0.2) is 9.38 Å². The highest BCUT2D eigenvalue weighted by Crippen LogP contribution is 2.12. The first-order chi connectivity index (χ1) is 12.2. The Kier molecular flexibility index (Phi) is 10.5. The molecule has 2 N–H and O–H groups in total. The van der Waals surface area contributed by atoms with E-state index in [-0.39, 0.29) is 29.8 Å². The Morgan fingerprint density at radius 2 is 1.85 bits per heavy atom. The SMILES string of the molecule is CCNC(=NCc1ccc(OC)cc1)NCCOc1cccc(F)c1.I. The monoisotopic (exact) mass is 473 g/mol. The fourth-order valence-corrected chi connectivity index (χ4v) is 2.14. The van der Waals surface area contributed by atoms with Crippen LogP contribution in [0.1, 0.15) is 12.5 Å². The molecule has 7 heteroatoms. The van der Waals surface area contributed by atoms with Gasteiger partial charge < -0.3 is 20.1 Å². The van der Waals surface area contributed by atoms with E-state index in [1.807, 2.05) is 31.2 Å². The fourth-order valence-electron chi connectivity index (χ4n) is 2.14. The van der Waals surface area contributed by atoms with Crippen molar-refractivity contribution in [1.82, 2.24) is 10.6 Å². The highest BCUT2D eigenvalue weighted by molar-refractivity contribution is 14.0. The summed E-state index contributed by atoms with van der Waals surface area (Å²) in [4.78, 5) is 4.54. The van der Waals surface area contributed by atoms with Gasteiger partial charge in [-0.1, -0.05) is 18.2 Å².